The molecule has 1 amide bonds. The first-order valence-electron chi connectivity index (χ1n) is 9.18. The van der Waals surface area contributed by atoms with Gasteiger partial charge in [-0.05, 0) is 30.7 Å². The molecule has 2 saturated carbocycles. The van der Waals surface area contributed by atoms with Crippen molar-refractivity contribution >= 4 is 5.91 Å². The third-order valence-electron chi connectivity index (χ3n) is 5.60. The lowest BCUT2D eigenvalue weighted by Crippen LogP contribution is -2.48. The third-order valence-corrected chi connectivity index (χ3v) is 5.60. The number of nitrogens with one attached hydrogen (secondary N) is 1. The summed E-state index contributed by atoms with van der Waals surface area (Å²) in [5.74, 6) is -1.16. The molecule has 2 atom stereocenters. The summed E-state index contributed by atoms with van der Waals surface area (Å²) in [6.07, 6.45) is -2.06. The van der Waals surface area contributed by atoms with E-state index in [0.717, 1.165) is 36.6 Å². The lowest BCUT2D eigenvalue weighted by atomic mass is 9.98. The molecule has 4 nitrogen and oxygen atoms in total. The number of aryl methyl sites for hydroxylation is 1. The van der Waals surface area contributed by atoms with Crippen LogP contribution in [0.1, 0.15) is 60.5 Å². The largest absolute Gasteiger partial charge is 0.412 e. The van der Waals surface area contributed by atoms with Crippen LogP contribution < -0.4 is 5.32 Å². The van der Waals surface area contributed by atoms with Gasteiger partial charge in [0.25, 0.3) is 0 Å². The molecular weight excluding hydrogens is 355 g/mol. The van der Waals surface area contributed by atoms with Crippen LogP contribution in [0.2, 0.25) is 0 Å². The smallest absolute Gasteiger partial charge is 0.342 e. The minimum absolute atomic E-state index is 0.125. The standard InChI is InChI=1S/C20H22F3N3O/c1-12(27)24-19(20(21,22)23)11-15(19)18-17(14-8-9-14)16(25-26(18)2)10-13-6-4-3-5-7-13/h3-7,14-15H,8-11H2,1-2H3,(H,24,27). The topological polar surface area (TPSA) is 46.9 Å². The van der Waals surface area contributed by atoms with E-state index in [2.05, 4.69) is 10.4 Å². The molecule has 4 rings (SSSR count). The van der Waals surface area contributed by atoms with Crippen molar-refractivity contribution in [2.75, 3.05) is 0 Å². The highest BCUT2D eigenvalue weighted by Gasteiger charge is 2.73. The minimum Gasteiger partial charge on any atom is -0.342 e. The van der Waals surface area contributed by atoms with Crippen LogP contribution in [0.5, 0.6) is 0 Å². The summed E-state index contributed by atoms with van der Waals surface area (Å²) in [5, 5.41) is 6.78. The van der Waals surface area contributed by atoms with Crippen molar-refractivity contribution in [3.05, 3.63) is 52.8 Å². The van der Waals surface area contributed by atoms with Gasteiger partial charge in [0, 0.05) is 37.6 Å². The van der Waals surface area contributed by atoms with Crippen molar-refractivity contribution in [3.63, 3.8) is 0 Å². The maximum absolute atomic E-state index is 13.8. The number of halogens is 3. The van der Waals surface area contributed by atoms with Crippen molar-refractivity contribution in [3.8, 4) is 0 Å². The predicted octanol–water partition coefficient (Wildman–Crippen LogP) is 3.81. The van der Waals surface area contributed by atoms with Gasteiger partial charge in [-0.3, -0.25) is 9.48 Å². The van der Waals surface area contributed by atoms with E-state index < -0.39 is 23.5 Å². The van der Waals surface area contributed by atoms with Crippen LogP contribution in [-0.4, -0.2) is 27.4 Å². The average molecular weight is 377 g/mol. The molecule has 1 aromatic heterocycles. The third kappa shape index (κ3) is 3.13. The fourth-order valence-electron chi connectivity index (χ4n) is 4.19. The summed E-state index contributed by atoms with van der Waals surface area (Å²) in [6, 6.07) is 9.83. The fraction of sp³-hybridized carbons (Fsp3) is 0.500. The second-order valence-electron chi connectivity index (χ2n) is 7.71. The van der Waals surface area contributed by atoms with Gasteiger partial charge in [-0.1, -0.05) is 30.3 Å². The van der Waals surface area contributed by atoms with Gasteiger partial charge in [-0.2, -0.15) is 18.3 Å². The molecule has 0 spiro atoms. The molecule has 27 heavy (non-hydrogen) atoms. The zero-order valence-electron chi connectivity index (χ0n) is 15.3. The van der Waals surface area contributed by atoms with E-state index in [1.165, 1.54) is 0 Å². The fourth-order valence-corrected chi connectivity index (χ4v) is 4.19. The lowest BCUT2D eigenvalue weighted by molar-refractivity contribution is -0.171. The first-order valence-corrected chi connectivity index (χ1v) is 9.18. The molecule has 1 heterocycles. The Kier molecular flexibility index (Phi) is 4.09. The number of carbonyl (C=O) groups is 1. The van der Waals surface area contributed by atoms with Crippen molar-refractivity contribution in [2.24, 2.45) is 7.05 Å². The number of hydrogen-bond donors (Lipinski definition) is 1. The first kappa shape index (κ1) is 18.1. The molecule has 2 aliphatic carbocycles. The molecular formula is C20H22F3N3O. The monoisotopic (exact) mass is 377 g/mol. The van der Waals surface area contributed by atoms with Crippen LogP contribution >= 0.6 is 0 Å². The lowest BCUT2D eigenvalue weighted by Gasteiger charge is -2.22. The van der Waals surface area contributed by atoms with Gasteiger partial charge in [0.05, 0.1) is 5.69 Å². The number of rotatable bonds is 5. The molecule has 2 aromatic rings. The van der Waals surface area contributed by atoms with Crippen molar-refractivity contribution < 1.29 is 18.0 Å². The van der Waals surface area contributed by atoms with Gasteiger partial charge in [0.15, 0.2) is 0 Å². The highest BCUT2D eigenvalue weighted by molar-refractivity contribution is 5.75. The van der Waals surface area contributed by atoms with E-state index in [1.54, 1.807) is 11.7 Å². The van der Waals surface area contributed by atoms with Gasteiger partial charge in [0.1, 0.15) is 5.54 Å². The predicted molar refractivity (Wildman–Crippen MR) is 94.4 cm³/mol. The molecule has 0 radical (unpaired) electrons. The molecule has 2 aliphatic rings. The summed E-state index contributed by atoms with van der Waals surface area (Å²) in [7, 11) is 1.71. The Hall–Kier alpha value is -2.31. The minimum atomic E-state index is -4.49. The molecule has 7 heteroatoms. The molecule has 2 unspecified atom stereocenters. The number of hydrogen-bond acceptors (Lipinski definition) is 2. The summed E-state index contributed by atoms with van der Waals surface area (Å²) < 4.78 is 42.9. The highest BCUT2D eigenvalue weighted by Crippen LogP contribution is 2.62. The van der Waals surface area contributed by atoms with E-state index >= 15 is 0 Å². The Bertz CT molecular complexity index is 871. The normalized spacial score (nSPS) is 24.7. The van der Waals surface area contributed by atoms with Gasteiger partial charge in [-0.25, -0.2) is 0 Å². The number of amides is 1. The van der Waals surface area contributed by atoms with Crippen molar-refractivity contribution in [2.45, 2.75) is 56.2 Å². The Balaban J connectivity index is 1.73. The van der Waals surface area contributed by atoms with E-state index in [0.29, 0.717) is 12.1 Å². The Morgan fingerprint density at radius 2 is 1.96 bits per heavy atom. The maximum atomic E-state index is 13.8. The highest BCUT2D eigenvalue weighted by atomic mass is 19.4. The van der Waals surface area contributed by atoms with Gasteiger partial charge < -0.3 is 5.32 Å². The van der Waals surface area contributed by atoms with Gasteiger partial charge >= 0.3 is 6.18 Å². The molecule has 1 aromatic carbocycles. The molecule has 0 aliphatic heterocycles. The molecule has 2 fully saturated rings. The summed E-state index contributed by atoms with van der Waals surface area (Å²) in [4.78, 5) is 11.5. The van der Waals surface area contributed by atoms with Crippen LogP contribution in [0.3, 0.4) is 0 Å². The maximum Gasteiger partial charge on any atom is 0.412 e. The van der Waals surface area contributed by atoms with E-state index in [4.69, 9.17) is 0 Å². The second kappa shape index (κ2) is 6.11. The molecule has 0 bridgehead atoms. The number of alkyl halides is 3. The summed E-state index contributed by atoms with van der Waals surface area (Å²) >= 11 is 0. The van der Waals surface area contributed by atoms with Crippen LogP contribution in [0, 0.1) is 0 Å². The molecule has 0 saturated heterocycles. The zero-order chi connectivity index (χ0) is 19.4. The van der Waals surface area contributed by atoms with Crippen LogP contribution in [0.15, 0.2) is 30.3 Å². The van der Waals surface area contributed by atoms with E-state index in [-0.39, 0.29) is 12.3 Å². The van der Waals surface area contributed by atoms with Crippen molar-refractivity contribution in [1.82, 2.24) is 15.1 Å². The SMILES string of the molecule is CC(=O)NC1(C(F)(F)F)CC1c1c(C2CC2)c(Cc2ccccc2)nn1C. The first-order chi connectivity index (χ1) is 12.7. The number of carbonyl (C=O) groups excluding carboxylic acids is 1. The summed E-state index contributed by atoms with van der Waals surface area (Å²) in [5.41, 5.74) is 1.37. The van der Waals surface area contributed by atoms with Crippen LogP contribution in [0.4, 0.5) is 13.2 Å². The Morgan fingerprint density at radius 1 is 1.30 bits per heavy atom. The second-order valence-corrected chi connectivity index (χ2v) is 7.71. The molecule has 144 valence electrons. The summed E-state index contributed by atoms with van der Waals surface area (Å²) in [6.45, 7) is 1.13. The van der Waals surface area contributed by atoms with Gasteiger partial charge in [0.2, 0.25) is 5.91 Å². The van der Waals surface area contributed by atoms with E-state index in [1.807, 2.05) is 30.3 Å². The van der Waals surface area contributed by atoms with Gasteiger partial charge in [-0.15, -0.1) is 0 Å². The van der Waals surface area contributed by atoms with Crippen LogP contribution in [0.25, 0.3) is 0 Å². The number of benzene rings is 1. The van der Waals surface area contributed by atoms with Crippen molar-refractivity contribution in [1.29, 1.82) is 0 Å². The average Bonchev–Trinajstić information content (AvgIpc) is 3.47. The molecule has 1 N–H and O–H groups in total. The zero-order valence-corrected chi connectivity index (χ0v) is 15.3. The van der Waals surface area contributed by atoms with Crippen LogP contribution in [-0.2, 0) is 18.3 Å². The Morgan fingerprint density at radius 3 is 2.52 bits per heavy atom. The number of nitrogens with zero attached hydrogens (tertiary/aromatic N) is 2. The number of aromatic nitrogens is 2. The van der Waals surface area contributed by atoms with E-state index in [9.17, 15) is 18.0 Å². The quantitative estimate of drug-likeness (QED) is 0.861. The Labute approximate surface area is 155 Å².